The van der Waals surface area contributed by atoms with Gasteiger partial charge in [0.2, 0.25) is 0 Å². The zero-order valence-corrected chi connectivity index (χ0v) is 13.0. The maximum Gasteiger partial charge on any atom is 0.175 e. The van der Waals surface area contributed by atoms with Crippen LogP contribution in [0, 0.1) is 0 Å². The molecule has 3 N–H and O–H groups in total. The van der Waals surface area contributed by atoms with Gasteiger partial charge < -0.3 is 5.73 Å². The second-order valence-corrected chi connectivity index (χ2v) is 5.32. The Kier molecular flexibility index (Phi) is 4.47. The molecule has 0 aliphatic carbocycles. The minimum atomic E-state index is 0.343. The first-order valence-electron chi connectivity index (χ1n) is 7.63. The lowest BCUT2D eigenvalue weighted by Gasteiger charge is -2.06. The summed E-state index contributed by atoms with van der Waals surface area (Å²) < 4.78 is 0. The van der Waals surface area contributed by atoms with Crippen molar-refractivity contribution in [3.05, 3.63) is 65.7 Å². The minimum absolute atomic E-state index is 0.343. The number of aryl methyl sites for hydroxylation is 1. The summed E-state index contributed by atoms with van der Waals surface area (Å²) in [6.07, 6.45) is 1.67. The van der Waals surface area contributed by atoms with E-state index in [4.69, 9.17) is 5.73 Å². The Morgan fingerprint density at radius 2 is 1.78 bits per heavy atom. The average molecular weight is 305 g/mol. The number of benzene rings is 2. The first-order valence-corrected chi connectivity index (χ1v) is 7.63. The molecule has 2 aromatic carbocycles. The SMILES string of the molecule is CCc1cccc(CC2=NN=C(N)/C2=N/Nc2ccccc2)c1. The highest BCUT2D eigenvalue weighted by atomic mass is 15.3. The first kappa shape index (κ1) is 15.0. The highest BCUT2D eigenvalue weighted by Crippen LogP contribution is 2.11. The molecule has 0 amide bonds. The van der Waals surface area contributed by atoms with Crippen molar-refractivity contribution in [2.45, 2.75) is 19.8 Å². The number of amidine groups is 1. The highest BCUT2D eigenvalue weighted by molar-refractivity contribution is 6.69. The van der Waals surface area contributed by atoms with E-state index in [0.29, 0.717) is 18.0 Å². The van der Waals surface area contributed by atoms with E-state index in [1.54, 1.807) is 0 Å². The Hall–Kier alpha value is -2.95. The minimum Gasteiger partial charge on any atom is -0.380 e. The normalized spacial score (nSPS) is 15.4. The molecule has 1 aliphatic heterocycles. The molecule has 0 atom stereocenters. The van der Waals surface area contributed by atoms with Crippen molar-refractivity contribution >= 4 is 22.9 Å². The molecule has 5 nitrogen and oxygen atoms in total. The zero-order chi connectivity index (χ0) is 16.1. The molecule has 1 aliphatic rings. The highest BCUT2D eigenvalue weighted by Gasteiger charge is 2.20. The summed E-state index contributed by atoms with van der Waals surface area (Å²) in [5, 5.41) is 12.5. The molecule has 0 radical (unpaired) electrons. The van der Waals surface area contributed by atoms with E-state index in [2.05, 4.69) is 51.9 Å². The molecule has 0 unspecified atom stereocenters. The van der Waals surface area contributed by atoms with E-state index in [9.17, 15) is 0 Å². The van der Waals surface area contributed by atoms with Crippen molar-refractivity contribution in [2.24, 2.45) is 21.0 Å². The average Bonchev–Trinajstić information content (AvgIpc) is 2.94. The largest absolute Gasteiger partial charge is 0.380 e. The molecule has 116 valence electrons. The van der Waals surface area contributed by atoms with Gasteiger partial charge in [-0.15, -0.1) is 5.10 Å². The van der Waals surface area contributed by atoms with Gasteiger partial charge in [-0.1, -0.05) is 49.4 Å². The van der Waals surface area contributed by atoms with Crippen molar-refractivity contribution in [3.63, 3.8) is 0 Å². The van der Waals surface area contributed by atoms with Crippen molar-refractivity contribution in [1.29, 1.82) is 0 Å². The van der Waals surface area contributed by atoms with Crippen LogP contribution in [0.15, 0.2) is 69.9 Å². The maximum absolute atomic E-state index is 5.91. The number of nitrogens with one attached hydrogen (secondary N) is 1. The predicted molar refractivity (Wildman–Crippen MR) is 96.1 cm³/mol. The van der Waals surface area contributed by atoms with Gasteiger partial charge in [0.15, 0.2) is 11.5 Å². The molecule has 0 bridgehead atoms. The third kappa shape index (κ3) is 3.63. The van der Waals surface area contributed by atoms with Crippen molar-refractivity contribution in [2.75, 3.05) is 5.43 Å². The second-order valence-electron chi connectivity index (χ2n) is 5.32. The Balaban J connectivity index is 1.76. The summed E-state index contributed by atoms with van der Waals surface area (Å²) in [7, 11) is 0. The van der Waals surface area contributed by atoms with Gasteiger partial charge in [-0.3, -0.25) is 5.43 Å². The molecule has 2 aromatic rings. The summed E-state index contributed by atoms with van der Waals surface area (Å²) in [4.78, 5) is 0. The molecular weight excluding hydrogens is 286 g/mol. The van der Waals surface area contributed by atoms with Crippen molar-refractivity contribution < 1.29 is 0 Å². The third-order valence-corrected chi connectivity index (χ3v) is 3.64. The van der Waals surface area contributed by atoms with E-state index in [1.165, 1.54) is 11.1 Å². The van der Waals surface area contributed by atoms with Crippen LogP contribution >= 0.6 is 0 Å². The predicted octanol–water partition coefficient (Wildman–Crippen LogP) is 2.99. The van der Waals surface area contributed by atoms with Crippen LogP contribution in [0.1, 0.15) is 18.1 Å². The number of hydrogen-bond acceptors (Lipinski definition) is 5. The van der Waals surface area contributed by atoms with Crippen molar-refractivity contribution in [3.8, 4) is 0 Å². The van der Waals surface area contributed by atoms with E-state index in [-0.39, 0.29) is 0 Å². The second kappa shape index (κ2) is 6.87. The Morgan fingerprint density at radius 1 is 1.00 bits per heavy atom. The van der Waals surface area contributed by atoms with Crippen LogP contribution in [0.5, 0.6) is 0 Å². The Morgan fingerprint density at radius 3 is 2.57 bits per heavy atom. The summed E-state index contributed by atoms with van der Waals surface area (Å²) in [5.74, 6) is 0.343. The van der Waals surface area contributed by atoms with Crippen LogP contribution in [0.4, 0.5) is 5.69 Å². The van der Waals surface area contributed by atoms with Gasteiger partial charge in [0.25, 0.3) is 0 Å². The lowest BCUT2D eigenvalue weighted by atomic mass is 10.0. The fourth-order valence-corrected chi connectivity index (χ4v) is 2.38. The van der Waals surface area contributed by atoms with Crippen LogP contribution in [-0.4, -0.2) is 17.3 Å². The number of anilines is 1. The first-order chi connectivity index (χ1) is 11.3. The van der Waals surface area contributed by atoms with Crippen molar-refractivity contribution in [1.82, 2.24) is 0 Å². The lowest BCUT2D eigenvalue weighted by molar-refractivity contribution is 1.12. The molecule has 0 saturated carbocycles. The zero-order valence-electron chi connectivity index (χ0n) is 13.0. The number of nitrogens with two attached hydrogens (primary N) is 1. The monoisotopic (exact) mass is 305 g/mol. The molecule has 5 heteroatoms. The molecule has 0 saturated heterocycles. The summed E-state index contributed by atoms with van der Waals surface area (Å²) >= 11 is 0. The third-order valence-electron chi connectivity index (χ3n) is 3.64. The Bertz CT molecular complexity index is 775. The van der Waals surface area contributed by atoms with E-state index < -0.39 is 0 Å². The molecule has 0 aromatic heterocycles. The van der Waals surface area contributed by atoms with Crippen LogP contribution in [0.3, 0.4) is 0 Å². The van der Waals surface area contributed by atoms with Gasteiger partial charge >= 0.3 is 0 Å². The van der Waals surface area contributed by atoms with Crippen LogP contribution in [-0.2, 0) is 12.8 Å². The summed E-state index contributed by atoms with van der Waals surface area (Å²) in [6.45, 7) is 2.14. The van der Waals surface area contributed by atoms with Gasteiger partial charge in [0, 0.05) is 6.42 Å². The Labute approximate surface area is 135 Å². The van der Waals surface area contributed by atoms with Gasteiger partial charge in [-0.25, -0.2) is 0 Å². The summed E-state index contributed by atoms with van der Waals surface area (Å²) in [5.41, 5.74) is 13.7. The molecule has 23 heavy (non-hydrogen) atoms. The van der Waals surface area contributed by atoms with Gasteiger partial charge in [0.05, 0.1) is 11.4 Å². The lowest BCUT2D eigenvalue weighted by Crippen LogP contribution is -2.29. The van der Waals surface area contributed by atoms with E-state index >= 15 is 0 Å². The molecule has 3 rings (SSSR count). The standard InChI is InChI=1S/C18H19N5/c1-2-13-7-6-8-14(11-13)12-16-17(18(19)23-21-16)22-20-15-9-4-3-5-10-15/h3-11,20H,2,12H2,1H3,(H2,19,22,23). The van der Waals surface area contributed by atoms with Crippen LogP contribution in [0.2, 0.25) is 0 Å². The van der Waals surface area contributed by atoms with Gasteiger partial charge in [-0.05, 0) is 29.7 Å². The quantitative estimate of drug-likeness (QED) is 0.833. The number of rotatable bonds is 5. The number of nitrogens with zero attached hydrogens (tertiary/aromatic N) is 3. The molecular formula is C18H19N5. The smallest absolute Gasteiger partial charge is 0.175 e. The van der Waals surface area contributed by atoms with Gasteiger partial charge in [0.1, 0.15) is 0 Å². The summed E-state index contributed by atoms with van der Waals surface area (Å²) in [6, 6.07) is 18.2. The molecule has 0 fully saturated rings. The molecule has 1 heterocycles. The van der Waals surface area contributed by atoms with Crippen LogP contribution in [0.25, 0.3) is 0 Å². The number of hydrazone groups is 1. The topological polar surface area (TPSA) is 75.1 Å². The fraction of sp³-hybridized carbons (Fsp3) is 0.167. The van der Waals surface area contributed by atoms with Gasteiger partial charge in [-0.2, -0.15) is 10.2 Å². The van der Waals surface area contributed by atoms with E-state index in [0.717, 1.165) is 17.8 Å². The van der Waals surface area contributed by atoms with Crippen LogP contribution < -0.4 is 11.2 Å². The maximum atomic E-state index is 5.91. The van der Waals surface area contributed by atoms with E-state index in [1.807, 2.05) is 30.3 Å². The fourth-order valence-electron chi connectivity index (χ4n) is 2.38. The number of hydrogen-bond donors (Lipinski definition) is 2. The number of para-hydroxylation sites is 1. The molecule has 0 spiro atoms.